The second-order valence-electron chi connectivity index (χ2n) is 3.28. The van der Waals surface area contributed by atoms with Crippen molar-refractivity contribution in [3.63, 3.8) is 0 Å². The number of carbonyl (C=O) groups excluding carboxylic acids is 1. The standard InChI is InChI=1S/C10H15N3OS.ClH/c1-7(6-15-2)12-10(14)8-4-3-5-9(11)13-8;/h3-5,7H,6H2,1-2H3,(H2,11,13)(H,12,14);1H. The molecule has 0 fully saturated rings. The molecule has 0 aromatic carbocycles. The van der Waals surface area contributed by atoms with Gasteiger partial charge in [0.05, 0.1) is 0 Å². The highest BCUT2D eigenvalue weighted by molar-refractivity contribution is 7.98. The Morgan fingerprint density at radius 3 is 2.88 bits per heavy atom. The molecule has 1 rings (SSSR count). The number of aromatic nitrogens is 1. The van der Waals surface area contributed by atoms with Gasteiger partial charge in [-0.25, -0.2) is 4.98 Å². The van der Waals surface area contributed by atoms with Gasteiger partial charge in [0.15, 0.2) is 0 Å². The summed E-state index contributed by atoms with van der Waals surface area (Å²) in [7, 11) is 0. The predicted octanol–water partition coefficient (Wildman–Crippen LogP) is 1.57. The molecule has 1 aromatic heterocycles. The van der Waals surface area contributed by atoms with Crippen molar-refractivity contribution in [2.75, 3.05) is 17.7 Å². The number of hydrogen-bond acceptors (Lipinski definition) is 4. The van der Waals surface area contributed by atoms with E-state index in [1.807, 2.05) is 13.2 Å². The second-order valence-corrected chi connectivity index (χ2v) is 4.19. The number of pyridine rings is 1. The molecule has 0 saturated heterocycles. The number of nitrogens with two attached hydrogens (primary N) is 1. The molecule has 16 heavy (non-hydrogen) atoms. The fraction of sp³-hybridized carbons (Fsp3) is 0.400. The van der Waals surface area contributed by atoms with Crippen LogP contribution < -0.4 is 11.1 Å². The van der Waals surface area contributed by atoms with Crippen LogP contribution in [0.3, 0.4) is 0 Å². The lowest BCUT2D eigenvalue weighted by Crippen LogP contribution is -2.34. The van der Waals surface area contributed by atoms with Crippen molar-refractivity contribution >= 4 is 35.9 Å². The normalized spacial score (nSPS) is 11.4. The first-order valence-corrected chi connectivity index (χ1v) is 6.05. The van der Waals surface area contributed by atoms with Gasteiger partial charge in [-0.1, -0.05) is 6.07 Å². The van der Waals surface area contributed by atoms with Gasteiger partial charge in [-0.15, -0.1) is 12.4 Å². The molecule has 1 atom stereocenters. The minimum atomic E-state index is -0.177. The summed E-state index contributed by atoms with van der Waals surface area (Å²) < 4.78 is 0. The number of nitrogen functional groups attached to an aromatic ring is 1. The Hall–Kier alpha value is -0.940. The van der Waals surface area contributed by atoms with E-state index in [-0.39, 0.29) is 24.4 Å². The summed E-state index contributed by atoms with van der Waals surface area (Å²) in [6.45, 7) is 1.96. The molecular weight excluding hydrogens is 246 g/mol. The van der Waals surface area contributed by atoms with Crippen molar-refractivity contribution in [1.82, 2.24) is 10.3 Å². The van der Waals surface area contributed by atoms with E-state index in [0.29, 0.717) is 11.5 Å². The number of nitrogens with zero attached hydrogens (tertiary/aromatic N) is 1. The number of amides is 1. The van der Waals surface area contributed by atoms with Gasteiger partial charge in [0, 0.05) is 11.8 Å². The quantitative estimate of drug-likeness (QED) is 0.863. The van der Waals surface area contributed by atoms with Gasteiger partial charge in [-0.05, 0) is 25.3 Å². The van der Waals surface area contributed by atoms with E-state index in [0.717, 1.165) is 5.75 Å². The monoisotopic (exact) mass is 261 g/mol. The van der Waals surface area contributed by atoms with Crippen LogP contribution in [0.1, 0.15) is 17.4 Å². The Kier molecular flexibility index (Phi) is 6.92. The van der Waals surface area contributed by atoms with Crippen LogP contribution in [0.25, 0.3) is 0 Å². The van der Waals surface area contributed by atoms with Gasteiger partial charge in [-0.2, -0.15) is 11.8 Å². The Bertz CT molecular complexity index is 349. The van der Waals surface area contributed by atoms with E-state index in [1.165, 1.54) is 0 Å². The van der Waals surface area contributed by atoms with E-state index in [2.05, 4.69) is 10.3 Å². The highest BCUT2D eigenvalue weighted by Gasteiger charge is 2.10. The van der Waals surface area contributed by atoms with Crippen molar-refractivity contribution in [3.05, 3.63) is 23.9 Å². The minimum absolute atomic E-state index is 0. The van der Waals surface area contributed by atoms with E-state index in [1.54, 1.807) is 30.0 Å². The summed E-state index contributed by atoms with van der Waals surface area (Å²) in [6.07, 6.45) is 2.00. The second kappa shape index (κ2) is 7.35. The maximum absolute atomic E-state index is 11.6. The number of thioether (sulfide) groups is 1. The first-order chi connectivity index (χ1) is 7.13. The molecule has 0 aliphatic rings. The average Bonchev–Trinajstić information content (AvgIpc) is 2.18. The smallest absolute Gasteiger partial charge is 0.270 e. The molecule has 4 nitrogen and oxygen atoms in total. The largest absolute Gasteiger partial charge is 0.384 e. The third-order valence-corrected chi connectivity index (χ3v) is 2.63. The molecule has 90 valence electrons. The van der Waals surface area contributed by atoms with E-state index < -0.39 is 0 Å². The van der Waals surface area contributed by atoms with Crippen LogP contribution in [0.5, 0.6) is 0 Å². The summed E-state index contributed by atoms with van der Waals surface area (Å²) in [4.78, 5) is 15.6. The van der Waals surface area contributed by atoms with Crippen molar-refractivity contribution in [2.45, 2.75) is 13.0 Å². The highest BCUT2D eigenvalue weighted by atomic mass is 35.5. The minimum Gasteiger partial charge on any atom is -0.384 e. The van der Waals surface area contributed by atoms with Crippen LogP contribution >= 0.6 is 24.2 Å². The zero-order chi connectivity index (χ0) is 11.3. The molecule has 0 aliphatic carbocycles. The lowest BCUT2D eigenvalue weighted by atomic mass is 10.3. The predicted molar refractivity (Wildman–Crippen MR) is 71.2 cm³/mol. The lowest BCUT2D eigenvalue weighted by Gasteiger charge is -2.11. The molecule has 0 radical (unpaired) electrons. The van der Waals surface area contributed by atoms with Gasteiger partial charge in [0.2, 0.25) is 0 Å². The third-order valence-electron chi connectivity index (χ3n) is 1.80. The first-order valence-electron chi connectivity index (χ1n) is 4.66. The molecule has 1 unspecified atom stereocenters. The molecule has 3 N–H and O–H groups in total. The van der Waals surface area contributed by atoms with Crippen LogP contribution in [0.4, 0.5) is 5.82 Å². The van der Waals surface area contributed by atoms with Gasteiger partial charge in [0.25, 0.3) is 5.91 Å². The summed E-state index contributed by atoms with van der Waals surface area (Å²) >= 11 is 1.69. The molecule has 1 amide bonds. The first kappa shape index (κ1) is 15.1. The van der Waals surface area contributed by atoms with E-state index in [9.17, 15) is 4.79 Å². The number of nitrogens with one attached hydrogen (secondary N) is 1. The van der Waals surface area contributed by atoms with Crippen molar-refractivity contribution in [2.24, 2.45) is 0 Å². The molecule has 0 bridgehead atoms. The highest BCUT2D eigenvalue weighted by Crippen LogP contribution is 2.02. The fourth-order valence-electron chi connectivity index (χ4n) is 1.17. The number of halogens is 1. The fourth-order valence-corrected chi connectivity index (χ4v) is 1.75. The third kappa shape index (κ3) is 4.72. The number of hydrogen-bond donors (Lipinski definition) is 2. The maximum Gasteiger partial charge on any atom is 0.270 e. The average molecular weight is 262 g/mol. The number of carbonyl (C=O) groups is 1. The molecule has 6 heteroatoms. The van der Waals surface area contributed by atoms with Crippen LogP contribution in [-0.2, 0) is 0 Å². The maximum atomic E-state index is 11.6. The Balaban J connectivity index is 0.00000225. The van der Waals surface area contributed by atoms with Crippen molar-refractivity contribution in [3.8, 4) is 0 Å². The Morgan fingerprint density at radius 2 is 2.31 bits per heavy atom. The van der Waals surface area contributed by atoms with Gasteiger partial charge in [0.1, 0.15) is 11.5 Å². The summed E-state index contributed by atoms with van der Waals surface area (Å²) in [6, 6.07) is 5.16. The molecule has 0 aliphatic heterocycles. The van der Waals surface area contributed by atoms with Crippen LogP contribution in [0, 0.1) is 0 Å². The summed E-state index contributed by atoms with van der Waals surface area (Å²) in [5, 5.41) is 2.85. The van der Waals surface area contributed by atoms with Gasteiger partial charge < -0.3 is 11.1 Å². The molecular formula is C10H16ClN3OS. The lowest BCUT2D eigenvalue weighted by molar-refractivity contribution is 0.0939. The number of anilines is 1. The molecule has 1 heterocycles. The zero-order valence-electron chi connectivity index (χ0n) is 9.27. The van der Waals surface area contributed by atoms with Crippen LogP contribution in [0.2, 0.25) is 0 Å². The van der Waals surface area contributed by atoms with Gasteiger partial charge >= 0.3 is 0 Å². The number of rotatable bonds is 4. The zero-order valence-corrected chi connectivity index (χ0v) is 10.9. The molecule has 0 spiro atoms. The Morgan fingerprint density at radius 1 is 1.62 bits per heavy atom. The van der Waals surface area contributed by atoms with Crippen molar-refractivity contribution in [1.29, 1.82) is 0 Å². The van der Waals surface area contributed by atoms with E-state index >= 15 is 0 Å². The Labute approximate surface area is 106 Å². The van der Waals surface area contributed by atoms with E-state index in [4.69, 9.17) is 5.73 Å². The summed E-state index contributed by atoms with van der Waals surface area (Å²) in [5.41, 5.74) is 5.85. The molecule has 0 saturated carbocycles. The molecule has 1 aromatic rings. The van der Waals surface area contributed by atoms with Crippen LogP contribution in [-0.4, -0.2) is 28.9 Å². The summed E-state index contributed by atoms with van der Waals surface area (Å²) in [5.74, 6) is 1.07. The van der Waals surface area contributed by atoms with Gasteiger partial charge in [-0.3, -0.25) is 4.79 Å². The van der Waals surface area contributed by atoms with Crippen molar-refractivity contribution < 1.29 is 4.79 Å². The van der Waals surface area contributed by atoms with Crippen LogP contribution in [0.15, 0.2) is 18.2 Å². The SMILES string of the molecule is CSCC(C)NC(=O)c1cccc(N)n1.Cl. The topological polar surface area (TPSA) is 68.0 Å².